The molecule has 0 spiro atoms. The second-order valence-electron chi connectivity index (χ2n) is 3.09. The summed E-state index contributed by atoms with van der Waals surface area (Å²) in [5.74, 6) is 0.827. The Kier molecular flexibility index (Phi) is 4.80. The maximum Gasteiger partial charge on any atom is 0.177 e. The van der Waals surface area contributed by atoms with Crippen LogP contribution >= 0.6 is 31.9 Å². The Morgan fingerprint density at radius 1 is 1.53 bits per heavy atom. The summed E-state index contributed by atoms with van der Waals surface area (Å²) in [6.45, 7) is 1.97. The first kappa shape index (κ1) is 12.7. The molecule has 2 nitrogen and oxygen atoms in total. The predicted molar refractivity (Wildman–Crippen MR) is 68.0 cm³/mol. The SMILES string of the molecule is CCC(Br)C(=O)c1ccc(OC)cc1Br. The largest absolute Gasteiger partial charge is 0.497 e. The molecule has 1 unspecified atom stereocenters. The highest BCUT2D eigenvalue weighted by molar-refractivity contribution is 9.10. The van der Waals surface area contributed by atoms with E-state index < -0.39 is 0 Å². The van der Waals surface area contributed by atoms with Crippen molar-refractivity contribution in [3.05, 3.63) is 28.2 Å². The lowest BCUT2D eigenvalue weighted by atomic mass is 10.1. The Morgan fingerprint density at radius 2 is 2.20 bits per heavy atom. The van der Waals surface area contributed by atoms with Crippen LogP contribution in [-0.2, 0) is 0 Å². The molecule has 1 aromatic carbocycles. The number of carbonyl (C=O) groups is 1. The summed E-state index contributed by atoms with van der Waals surface area (Å²) in [7, 11) is 1.60. The second-order valence-corrected chi connectivity index (χ2v) is 5.05. The third-order valence-corrected chi connectivity index (χ3v) is 3.80. The number of ether oxygens (including phenoxy) is 1. The van der Waals surface area contributed by atoms with E-state index in [9.17, 15) is 4.79 Å². The minimum absolute atomic E-state index is 0.0898. The van der Waals surface area contributed by atoms with E-state index in [0.717, 1.165) is 16.6 Å². The molecular weight excluding hydrogens is 324 g/mol. The van der Waals surface area contributed by atoms with E-state index in [4.69, 9.17) is 4.74 Å². The van der Waals surface area contributed by atoms with Gasteiger partial charge < -0.3 is 4.74 Å². The van der Waals surface area contributed by atoms with E-state index >= 15 is 0 Å². The number of hydrogen-bond acceptors (Lipinski definition) is 2. The monoisotopic (exact) mass is 334 g/mol. The molecule has 4 heteroatoms. The molecule has 0 saturated carbocycles. The van der Waals surface area contributed by atoms with E-state index in [0.29, 0.717) is 5.56 Å². The van der Waals surface area contributed by atoms with Gasteiger partial charge >= 0.3 is 0 Å². The van der Waals surface area contributed by atoms with Gasteiger partial charge in [-0.05, 0) is 40.5 Å². The summed E-state index contributed by atoms with van der Waals surface area (Å²) in [5.41, 5.74) is 0.680. The third-order valence-electron chi connectivity index (χ3n) is 2.08. The van der Waals surface area contributed by atoms with Crippen molar-refractivity contribution in [2.24, 2.45) is 0 Å². The first-order valence-electron chi connectivity index (χ1n) is 4.62. The van der Waals surface area contributed by atoms with Gasteiger partial charge in [0.2, 0.25) is 0 Å². The molecule has 0 fully saturated rings. The van der Waals surface area contributed by atoms with E-state index in [1.54, 1.807) is 25.3 Å². The van der Waals surface area contributed by atoms with Crippen molar-refractivity contribution in [1.82, 2.24) is 0 Å². The van der Waals surface area contributed by atoms with Crippen molar-refractivity contribution >= 4 is 37.6 Å². The molecule has 0 heterocycles. The molecule has 1 rings (SSSR count). The van der Waals surface area contributed by atoms with Crippen molar-refractivity contribution in [2.45, 2.75) is 18.2 Å². The highest BCUT2D eigenvalue weighted by Crippen LogP contribution is 2.25. The van der Waals surface area contributed by atoms with E-state index in [1.807, 2.05) is 6.92 Å². The first-order chi connectivity index (χ1) is 7.10. The van der Waals surface area contributed by atoms with Crippen LogP contribution in [0.25, 0.3) is 0 Å². The number of ketones is 1. The maximum absolute atomic E-state index is 11.9. The highest BCUT2D eigenvalue weighted by atomic mass is 79.9. The molecule has 0 bridgehead atoms. The molecule has 82 valence electrons. The quantitative estimate of drug-likeness (QED) is 0.617. The number of Topliss-reactive ketones (excluding diaryl/α,β-unsaturated/α-hetero) is 1. The summed E-state index contributed by atoms with van der Waals surface area (Å²) in [6.07, 6.45) is 0.775. The summed E-state index contributed by atoms with van der Waals surface area (Å²) in [5, 5.41) is 0. The van der Waals surface area contributed by atoms with Gasteiger partial charge in [0.25, 0.3) is 0 Å². The van der Waals surface area contributed by atoms with E-state index in [1.165, 1.54) is 0 Å². The number of rotatable bonds is 4. The highest BCUT2D eigenvalue weighted by Gasteiger charge is 2.17. The molecule has 1 aromatic rings. The standard InChI is InChI=1S/C11H12Br2O2/c1-3-9(12)11(14)8-5-4-7(15-2)6-10(8)13/h4-6,9H,3H2,1-2H3. The van der Waals surface area contributed by atoms with Gasteiger partial charge in [0.05, 0.1) is 11.9 Å². The Bertz CT molecular complexity index is 364. The lowest BCUT2D eigenvalue weighted by Gasteiger charge is -2.09. The minimum atomic E-state index is -0.123. The summed E-state index contributed by atoms with van der Waals surface area (Å²) in [4.78, 5) is 11.8. The van der Waals surface area contributed by atoms with E-state index in [-0.39, 0.29) is 10.6 Å². The maximum atomic E-state index is 11.9. The smallest absolute Gasteiger partial charge is 0.177 e. The molecule has 0 amide bonds. The molecule has 0 N–H and O–H groups in total. The van der Waals surface area contributed by atoms with Crippen LogP contribution in [0.1, 0.15) is 23.7 Å². The van der Waals surface area contributed by atoms with Crippen LogP contribution in [0.5, 0.6) is 5.75 Å². The van der Waals surface area contributed by atoms with Gasteiger partial charge in [-0.15, -0.1) is 0 Å². The molecule has 1 atom stereocenters. The number of hydrogen-bond donors (Lipinski definition) is 0. The zero-order valence-electron chi connectivity index (χ0n) is 8.59. The number of methoxy groups -OCH3 is 1. The minimum Gasteiger partial charge on any atom is -0.497 e. The summed E-state index contributed by atoms with van der Waals surface area (Å²) < 4.78 is 5.83. The normalized spacial score (nSPS) is 12.3. The summed E-state index contributed by atoms with van der Waals surface area (Å²) >= 11 is 6.71. The first-order valence-corrected chi connectivity index (χ1v) is 6.32. The van der Waals surface area contributed by atoms with Crippen molar-refractivity contribution < 1.29 is 9.53 Å². The van der Waals surface area contributed by atoms with Crippen LogP contribution in [0.4, 0.5) is 0 Å². The average molecular weight is 336 g/mol. The van der Waals surface area contributed by atoms with Crippen LogP contribution in [0.2, 0.25) is 0 Å². The molecule has 0 aliphatic carbocycles. The van der Waals surface area contributed by atoms with Crippen molar-refractivity contribution in [3.63, 3.8) is 0 Å². The Labute approximate surface area is 106 Å². The lowest BCUT2D eigenvalue weighted by molar-refractivity contribution is 0.0989. The average Bonchev–Trinajstić information content (AvgIpc) is 2.26. The number of alkyl halides is 1. The van der Waals surface area contributed by atoms with Crippen LogP contribution in [0.15, 0.2) is 22.7 Å². The van der Waals surface area contributed by atoms with Gasteiger partial charge in [-0.25, -0.2) is 0 Å². The fraction of sp³-hybridized carbons (Fsp3) is 0.364. The van der Waals surface area contributed by atoms with Gasteiger partial charge in [-0.2, -0.15) is 0 Å². The number of halogens is 2. The number of carbonyl (C=O) groups excluding carboxylic acids is 1. The summed E-state index contributed by atoms with van der Waals surface area (Å²) in [6, 6.07) is 5.35. The predicted octanol–water partition coefficient (Wildman–Crippen LogP) is 3.81. The van der Waals surface area contributed by atoms with Crippen molar-refractivity contribution in [2.75, 3.05) is 7.11 Å². The Balaban J connectivity index is 3.00. The van der Waals surface area contributed by atoms with Crippen LogP contribution in [-0.4, -0.2) is 17.7 Å². The van der Waals surface area contributed by atoms with Gasteiger partial charge in [-0.3, -0.25) is 4.79 Å². The van der Waals surface area contributed by atoms with Crippen LogP contribution in [0, 0.1) is 0 Å². The number of benzene rings is 1. The van der Waals surface area contributed by atoms with Crippen LogP contribution in [0.3, 0.4) is 0 Å². The van der Waals surface area contributed by atoms with Gasteiger partial charge in [0.15, 0.2) is 5.78 Å². The fourth-order valence-electron chi connectivity index (χ4n) is 1.18. The molecular formula is C11H12Br2O2. The van der Waals surface area contributed by atoms with Gasteiger partial charge in [-0.1, -0.05) is 22.9 Å². The van der Waals surface area contributed by atoms with Crippen molar-refractivity contribution in [1.29, 1.82) is 0 Å². The lowest BCUT2D eigenvalue weighted by Crippen LogP contribution is -2.13. The molecule has 0 aromatic heterocycles. The second kappa shape index (κ2) is 5.66. The fourth-order valence-corrected chi connectivity index (χ4v) is 1.98. The third kappa shape index (κ3) is 3.05. The zero-order valence-corrected chi connectivity index (χ0v) is 11.8. The van der Waals surface area contributed by atoms with E-state index in [2.05, 4.69) is 31.9 Å². The molecule has 0 saturated heterocycles. The molecule has 15 heavy (non-hydrogen) atoms. The zero-order chi connectivity index (χ0) is 11.4. The molecule has 0 aliphatic rings. The molecule has 0 aliphatic heterocycles. The Morgan fingerprint density at radius 3 is 2.67 bits per heavy atom. The molecule has 0 radical (unpaired) electrons. The van der Waals surface area contributed by atoms with Crippen LogP contribution < -0.4 is 4.74 Å². The van der Waals surface area contributed by atoms with Crippen molar-refractivity contribution in [3.8, 4) is 5.75 Å². The van der Waals surface area contributed by atoms with Gasteiger partial charge in [0.1, 0.15) is 5.75 Å². The van der Waals surface area contributed by atoms with Gasteiger partial charge in [0, 0.05) is 10.0 Å². The Hall–Kier alpha value is -0.350. The topological polar surface area (TPSA) is 26.3 Å².